The molecule has 1 aliphatic rings. The first kappa shape index (κ1) is 11.0. The zero-order chi connectivity index (χ0) is 10.0. The zero-order valence-electron chi connectivity index (χ0n) is 9.88. The van der Waals surface area contributed by atoms with Gasteiger partial charge in [-0.15, -0.1) is 0 Å². The highest BCUT2D eigenvalue weighted by atomic mass is 15.1. The Morgan fingerprint density at radius 3 is 2.15 bits per heavy atom. The largest absolute Gasteiger partial charge is 0.303 e. The van der Waals surface area contributed by atoms with Crippen molar-refractivity contribution in [2.24, 2.45) is 17.8 Å². The predicted octanol–water partition coefficient (Wildman–Crippen LogP) is 3.01. The predicted molar refractivity (Wildman–Crippen MR) is 58.8 cm³/mol. The molecule has 0 aromatic carbocycles. The van der Waals surface area contributed by atoms with Gasteiger partial charge in [0.1, 0.15) is 0 Å². The molecule has 0 heterocycles. The number of nitrogens with zero attached hydrogens (tertiary/aromatic N) is 1. The summed E-state index contributed by atoms with van der Waals surface area (Å²) in [7, 11) is 2.27. The molecule has 0 bridgehead atoms. The fraction of sp³-hybridized carbons (Fsp3) is 1.00. The second-order valence-electron chi connectivity index (χ2n) is 5.24. The molecule has 3 unspecified atom stereocenters. The summed E-state index contributed by atoms with van der Waals surface area (Å²) in [5.41, 5.74) is 0. The number of hydrogen-bond donors (Lipinski definition) is 0. The second kappa shape index (κ2) is 4.45. The van der Waals surface area contributed by atoms with Gasteiger partial charge in [-0.05, 0) is 38.1 Å². The van der Waals surface area contributed by atoms with Gasteiger partial charge in [-0.3, -0.25) is 0 Å². The van der Waals surface area contributed by atoms with Crippen LogP contribution in [0.4, 0.5) is 0 Å². The Bertz CT molecular complexity index is 153. The van der Waals surface area contributed by atoms with Crippen LogP contribution in [0.15, 0.2) is 0 Å². The second-order valence-corrected chi connectivity index (χ2v) is 5.24. The number of rotatable bonds is 4. The Balaban J connectivity index is 2.27. The van der Waals surface area contributed by atoms with E-state index in [0.717, 1.165) is 23.8 Å². The number of hydrogen-bond acceptors (Lipinski definition) is 1. The van der Waals surface area contributed by atoms with E-state index in [4.69, 9.17) is 0 Å². The van der Waals surface area contributed by atoms with Gasteiger partial charge in [0.05, 0.1) is 0 Å². The monoisotopic (exact) mass is 183 g/mol. The van der Waals surface area contributed by atoms with Crippen molar-refractivity contribution >= 4 is 0 Å². The standard InChI is InChI=1S/C12H25N/c1-9(2)11(4)13(5)8-12-7-6-10(12)3/h9-12H,6-8H2,1-5H3. The first-order valence-corrected chi connectivity index (χ1v) is 5.72. The first-order valence-electron chi connectivity index (χ1n) is 5.72. The third-order valence-electron chi connectivity index (χ3n) is 3.98. The van der Waals surface area contributed by atoms with Crippen molar-refractivity contribution in [1.82, 2.24) is 4.90 Å². The molecule has 1 heteroatoms. The summed E-state index contributed by atoms with van der Waals surface area (Å²) in [6, 6.07) is 0.729. The van der Waals surface area contributed by atoms with Crippen molar-refractivity contribution in [2.45, 2.75) is 46.6 Å². The molecule has 13 heavy (non-hydrogen) atoms. The van der Waals surface area contributed by atoms with Crippen LogP contribution < -0.4 is 0 Å². The summed E-state index contributed by atoms with van der Waals surface area (Å²) >= 11 is 0. The summed E-state index contributed by atoms with van der Waals surface area (Å²) in [5.74, 6) is 2.73. The first-order chi connectivity index (χ1) is 6.02. The Morgan fingerprint density at radius 1 is 1.23 bits per heavy atom. The van der Waals surface area contributed by atoms with E-state index in [0.29, 0.717) is 0 Å². The van der Waals surface area contributed by atoms with Crippen LogP contribution in [0, 0.1) is 17.8 Å². The Morgan fingerprint density at radius 2 is 1.85 bits per heavy atom. The molecular formula is C12H25N. The van der Waals surface area contributed by atoms with Gasteiger partial charge in [0.15, 0.2) is 0 Å². The third-order valence-corrected chi connectivity index (χ3v) is 3.98. The smallest absolute Gasteiger partial charge is 0.00869 e. The van der Waals surface area contributed by atoms with Gasteiger partial charge in [-0.2, -0.15) is 0 Å². The Labute approximate surface area is 83.5 Å². The lowest BCUT2D eigenvalue weighted by Crippen LogP contribution is -2.41. The van der Waals surface area contributed by atoms with E-state index in [1.807, 2.05) is 0 Å². The van der Waals surface area contributed by atoms with Crippen LogP contribution in [-0.2, 0) is 0 Å². The zero-order valence-corrected chi connectivity index (χ0v) is 9.88. The molecule has 0 aromatic heterocycles. The lowest BCUT2D eigenvalue weighted by atomic mass is 9.74. The van der Waals surface area contributed by atoms with Crippen molar-refractivity contribution in [3.05, 3.63) is 0 Å². The maximum Gasteiger partial charge on any atom is 0.00869 e. The Hall–Kier alpha value is -0.0400. The molecule has 0 aromatic rings. The topological polar surface area (TPSA) is 3.24 Å². The fourth-order valence-electron chi connectivity index (χ4n) is 2.05. The van der Waals surface area contributed by atoms with Gasteiger partial charge in [0.2, 0.25) is 0 Å². The molecule has 1 nitrogen and oxygen atoms in total. The molecule has 1 saturated carbocycles. The summed E-state index contributed by atoms with van der Waals surface area (Å²) in [4.78, 5) is 2.53. The molecule has 0 spiro atoms. The van der Waals surface area contributed by atoms with Crippen LogP contribution in [0.5, 0.6) is 0 Å². The van der Waals surface area contributed by atoms with Crippen molar-refractivity contribution in [1.29, 1.82) is 0 Å². The van der Waals surface area contributed by atoms with Crippen molar-refractivity contribution in [3.8, 4) is 0 Å². The van der Waals surface area contributed by atoms with Crippen molar-refractivity contribution in [3.63, 3.8) is 0 Å². The van der Waals surface area contributed by atoms with Crippen LogP contribution in [0.1, 0.15) is 40.5 Å². The lowest BCUT2D eigenvalue weighted by molar-refractivity contribution is 0.101. The molecule has 0 saturated heterocycles. The SMILES string of the molecule is CC(C)C(C)N(C)CC1CCC1C. The van der Waals surface area contributed by atoms with Crippen LogP contribution in [0.25, 0.3) is 0 Å². The summed E-state index contributed by atoms with van der Waals surface area (Å²) in [6.45, 7) is 10.7. The molecule has 1 rings (SSSR count). The quantitative estimate of drug-likeness (QED) is 0.647. The molecular weight excluding hydrogens is 158 g/mol. The summed E-state index contributed by atoms with van der Waals surface area (Å²) < 4.78 is 0. The van der Waals surface area contributed by atoms with E-state index < -0.39 is 0 Å². The average molecular weight is 183 g/mol. The maximum absolute atomic E-state index is 2.53. The van der Waals surface area contributed by atoms with Gasteiger partial charge in [-0.25, -0.2) is 0 Å². The highest BCUT2D eigenvalue weighted by molar-refractivity contribution is 4.81. The molecule has 1 aliphatic carbocycles. The van der Waals surface area contributed by atoms with E-state index >= 15 is 0 Å². The lowest BCUT2D eigenvalue weighted by Gasteiger charge is -2.39. The summed E-state index contributed by atoms with van der Waals surface area (Å²) in [5, 5.41) is 0. The van der Waals surface area contributed by atoms with Crippen molar-refractivity contribution < 1.29 is 0 Å². The highest BCUT2D eigenvalue weighted by Crippen LogP contribution is 2.34. The van der Waals surface area contributed by atoms with Crippen LogP contribution in [-0.4, -0.2) is 24.5 Å². The van der Waals surface area contributed by atoms with Crippen LogP contribution >= 0.6 is 0 Å². The van der Waals surface area contributed by atoms with Crippen LogP contribution in [0.3, 0.4) is 0 Å². The van der Waals surface area contributed by atoms with Gasteiger partial charge in [-0.1, -0.05) is 27.2 Å². The normalized spacial score (nSPS) is 30.7. The molecule has 0 N–H and O–H groups in total. The summed E-state index contributed by atoms with van der Waals surface area (Å²) in [6.07, 6.45) is 2.91. The molecule has 78 valence electrons. The molecule has 3 atom stereocenters. The molecule has 0 aliphatic heterocycles. The average Bonchev–Trinajstić information content (AvgIpc) is 2.09. The molecule has 1 fully saturated rings. The molecule has 0 amide bonds. The molecule has 0 radical (unpaired) electrons. The van der Waals surface area contributed by atoms with Gasteiger partial charge in [0, 0.05) is 12.6 Å². The van der Waals surface area contributed by atoms with E-state index in [2.05, 4.69) is 39.6 Å². The van der Waals surface area contributed by atoms with Gasteiger partial charge < -0.3 is 4.90 Å². The van der Waals surface area contributed by atoms with Crippen molar-refractivity contribution in [2.75, 3.05) is 13.6 Å². The fourth-order valence-corrected chi connectivity index (χ4v) is 2.05. The minimum Gasteiger partial charge on any atom is -0.303 e. The minimum absolute atomic E-state index is 0.729. The van der Waals surface area contributed by atoms with E-state index in [1.165, 1.54) is 19.4 Å². The van der Waals surface area contributed by atoms with E-state index in [9.17, 15) is 0 Å². The third kappa shape index (κ3) is 2.70. The van der Waals surface area contributed by atoms with Crippen LogP contribution in [0.2, 0.25) is 0 Å². The highest BCUT2D eigenvalue weighted by Gasteiger charge is 2.28. The van der Waals surface area contributed by atoms with Gasteiger partial charge >= 0.3 is 0 Å². The Kier molecular flexibility index (Phi) is 3.78. The maximum atomic E-state index is 2.53. The van der Waals surface area contributed by atoms with Gasteiger partial charge in [0.25, 0.3) is 0 Å². The van der Waals surface area contributed by atoms with E-state index in [1.54, 1.807) is 0 Å². The minimum atomic E-state index is 0.729. The van der Waals surface area contributed by atoms with E-state index in [-0.39, 0.29) is 0 Å².